The Balaban J connectivity index is 0.000000290. The van der Waals surface area contributed by atoms with Crippen LogP contribution >= 0.6 is 11.3 Å². The molecule has 0 spiro atoms. The molecule has 0 unspecified atom stereocenters. The second-order valence-electron chi connectivity index (χ2n) is 17.3. The third kappa shape index (κ3) is 10.1. The van der Waals surface area contributed by atoms with Gasteiger partial charge in [-0.05, 0) is 61.3 Å². The molecule has 3 aromatic heterocycles. The number of thiophene rings is 1. The van der Waals surface area contributed by atoms with Crippen LogP contribution in [0.25, 0.3) is 53.6 Å². The zero-order chi connectivity index (χ0) is 39.6. The van der Waals surface area contributed by atoms with Gasteiger partial charge in [0.25, 0.3) is 0 Å². The number of rotatable bonds is 10. The Bertz CT molecular complexity index is 2280. The van der Waals surface area contributed by atoms with E-state index in [1.54, 1.807) is 17.7 Å². The molecule has 0 bridgehead atoms. The number of ketones is 1. The molecule has 1 radical (unpaired) electrons. The second-order valence-corrected chi connectivity index (χ2v) is 23.4. The van der Waals surface area contributed by atoms with Crippen molar-refractivity contribution in [3.05, 3.63) is 96.1 Å². The Morgan fingerprint density at radius 3 is 2.04 bits per heavy atom. The molecule has 0 aliphatic heterocycles. The maximum Gasteiger partial charge on any atom is 0.162 e. The van der Waals surface area contributed by atoms with Crippen LogP contribution in [0.15, 0.2) is 78.8 Å². The standard InChI is InChI=1S/C30H26N3SSi.C17H32O2.Ir/c1-18-12-19(2)33-26(13-18)25-15-21(14-20-8-6-7-9-23(20)25)28-30-29(32-17-31-28)24-11-10-22(35(3,4)5)16-27(24)34-30;1-10(2)16(11(3)4)14(18)9-15(19)17(12(5)6)13(7)8;/h6-13,15-17H,1-5H3;9-13,16-18H,1-8H3;/q-1;;/b;14-9-;. The van der Waals surface area contributed by atoms with Gasteiger partial charge in [-0.3, -0.25) is 14.8 Å². The number of carbonyl (C=O) groups is 1. The maximum atomic E-state index is 12.3. The van der Waals surface area contributed by atoms with E-state index in [4.69, 9.17) is 15.0 Å². The number of aliphatic hydroxyl groups excluding tert-OH is 1. The average molecular weight is 949 g/mol. The van der Waals surface area contributed by atoms with Crippen molar-refractivity contribution in [2.45, 2.75) is 88.9 Å². The van der Waals surface area contributed by atoms with Gasteiger partial charge in [-0.2, -0.15) is 0 Å². The third-order valence-electron chi connectivity index (χ3n) is 10.4. The van der Waals surface area contributed by atoms with Gasteiger partial charge < -0.3 is 5.11 Å². The van der Waals surface area contributed by atoms with Gasteiger partial charge in [-0.1, -0.05) is 127 Å². The van der Waals surface area contributed by atoms with Gasteiger partial charge in [-0.25, -0.2) is 4.98 Å². The molecular weight excluding hydrogens is 891 g/mol. The smallest absolute Gasteiger partial charge is 0.162 e. The van der Waals surface area contributed by atoms with Gasteiger partial charge in [0.05, 0.1) is 25.0 Å². The van der Waals surface area contributed by atoms with Crippen LogP contribution in [-0.4, -0.2) is 33.9 Å². The van der Waals surface area contributed by atoms with Crippen LogP contribution in [0.5, 0.6) is 0 Å². The van der Waals surface area contributed by atoms with E-state index >= 15 is 0 Å². The van der Waals surface area contributed by atoms with Crippen molar-refractivity contribution in [1.82, 2.24) is 15.0 Å². The topological polar surface area (TPSA) is 76.0 Å². The fourth-order valence-electron chi connectivity index (χ4n) is 8.00. The number of pyridine rings is 1. The van der Waals surface area contributed by atoms with Gasteiger partial charge in [-0.15, -0.1) is 34.9 Å². The van der Waals surface area contributed by atoms with E-state index in [9.17, 15) is 9.90 Å². The van der Waals surface area contributed by atoms with Crippen molar-refractivity contribution >= 4 is 61.5 Å². The monoisotopic (exact) mass is 949 g/mol. The number of nitrogens with zero attached hydrogens (tertiary/aromatic N) is 3. The summed E-state index contributed by atoms with van der Waals surface area (Å²) in [6.07, 6.45) is 3.17. The molecule has 0 aliphatic rings. The summed E-state index contributed by atoms with van der Waals surface area (Å²) in [4.78, 5) is 26.7. The average Bonchev–Trinajstić information content (AvgIpc) is 3.45. The Kier molecular flexibility index (Phi) is 14.6. The molecule has 6 rings (SSSR count). The van der Waals surface area contributed by atoms with Crippen LogP contribution in [0.4, 0.5) is 0 Å². The van der Waals surface area contributed by atoms with Gasteiger partial charge in [0.2, 0.25) is 0 Å². The zero-order valence-electron chi connectivity index (χ0n) is 34.8. The minimum atomic E-state index is -1.40. The normalized spacial score (nSPS) is 12.5. The van der Waals surface area contributed by atoms with Crippen LogP contribution in [0.2, 0.25) is 19.6 Å². The predicted octanol–water partition coefficient (Wildman–Crippen LogP) is 12.5. The molecule has 55 heavy (non-hydrogen) atoms. The molecule has 1 N–H and O–H groups in total. The second kappa shape index (κ2) is 18.1. The molecular formula is C47H58IrN3O2SSi-. The molecule has 0 atom stereocenters. The summed E-state index contributed by atoms with van der Waals surface area (Å²) >= 11 is 1.79. The number of aromatic nitrogens is 3. The predicted molar refractivity (Wildman–Crippen MR) is 234 cm³/mol. The van der Waals surface area contributed by atoms with E-state index in [1.165, 1.54) is 26.9 Å². The largest absolute Gasteiger partial charge is 0.512 e. The Hall–Kier alpha value is -3.55. The molecule has 3 aromatic carbocycles. The number of aliphatic hydroxyl groups is 1. The van der Waals surface area contributed by atoms with Crippen LogP contribution in [0.1, 0.15) is 66.6 Å². The Morgan fingerprint density at radius 2 is 1.44 bits per heavy atom. The first kappa shape index (κ1) is 44.2. The quantitative estimate of drug-likeness (QED) is 0.0641. The van der Waals surface area contributed by atoms with Crippen molar-refractivity contribution < 1.29 is 30.0 Å². The summed E-state index contributed by atoms with van der Waals surface area (Å²) in [5, 5.41) is 15.2. The van der Waals surface area contributed by atoms with Crippen LogP contribution < -0.4 is 5.19 Å². The third-order valence-corrected chi connectivity index (χ3v) is 13.5. The van der Waals surface area contributed by atoms with Crippen LogP contribution in [-0.2, 0) is 24.9 Å². The van der Waals surface area contributed by atoms with Gasteiger partial charge in [0, 0.05) is 64.2 Å². The van der Waals surface area contributed by atoms with E-state index in [2.05, 4.69) is 156 Å². The van der Waals surface area contributed by atoms with Crippen molar-refractivity contribution in [2.24, 2.45) is 35.5 Å². The van der Waals surface area contributed by atoms with Gasteiger partial charge in [0.1, 0.15) is 6.33 Å². The zero-order valence-corrected chi connectivity index (χ0v) is 39.0. The minimum absolute atomic E-state index is 0. The summed E-state index contributed by atoms with van der Waals surface area (Å²) in [7, 11) is -1.40. The summed E-state index contributed by atoms with van der Waals surface area (Å²) < 4.78 is 2.39. The van der Waals surface area contributed by atoms with Crippen LogP contribution in [0.3, 0.4) is 0 Å². The molecule has 0 saturated carbocycles. The number of hydrogen-bond acceptors (Lipinski definition) is 6. The number of allylic oxidation sites excluding steroid dienone is 2. The first-order chi connectivity index (χ1) is 25.4. The molecule has 293 valence electrons. The van der Waals surface area contributed by atoms with Crippen LogP contribution in [0, 0.1) is 55.4 Å². The summed E-state index contributed by atoms with van der Waals surface area (Å²) in [6, 6.07) is 25.4. The van der Waals surface area contributed by atoms with Crippen molar-refractivity contribution in [1.29, 1.82) is 0 Å². The molecule has 3 heterocycles. The van der Waals surface area contributed by atoms with E-state index in [1.807, 2.05) is 0 Å². The molecule has 5 nitrogen and oxygen atoms in total. The summed E-state index contributed by atoms with van der Waals surface area (Å²) in [5.41, 5.74) is 7.24. The van der Waals surface area contributed by atoms with E-state index in [0.29, 0.717) is 23.7 Å². The maximum absolute atomic E-state index is 12.3. The van der Waals surface area contributed by atoms with Gasteiger partial charge in [0.15, 0.2) is 5.78 Å². The van der Waals surface area contributed by atoms with Gasteiger partial charge >= 0.3 is 0 Å². The molecule has 0 saturated heterocycles. The Morgan fingerprint density at radius 1 is 0.800 bits per heavy atom. The first-order valence-corrected chi connectivity index (χ1v) is 23.7. The molecule has 0 aliphatic carbocycles. The van der Waals surface area contributed by atoms with Crippen molar-refractivity contribution in [3.8, 4) is 22.5 Å². The molecule has 6 aromatic rings. The summed E-state index contributed by atoms with van der Waals surface area (Å²) in [5.74, 6) is 1.63. The van der Waals surface area contributed by atoms with E-state index in [0.717, 1.165) is 49.2 Å². The number of benzene rings is 3. The molecule has 0 amide bonds. The number of fused-ring (bicyclic) bond motifs is 4. The number of carbonyl (C=O) groups excluding carboxylic acids is 1. The fourth-order valence-corrected chi connectivity index (χ4v) is 10.5. The number of hydrogen-bond donors (Lipinski definition) is 1. The minimum Gasteiger partial charge on any atom is -0.512 e. The first-order valence-electron chi connectivity index (χ1n) is 19.4. The Labute approximate surface area is 347 Å². The molecule has 0 fully saturated rings. The van der Waals surface area contributed by atoms with E-state index < -0.39 is 8.07 Å². The summed E-state index contributed by atoms with van der Waals surface area (Å²) in [6.45, 7) is 27.9. The molecule has 8 heteroatoms. The number of aryl methyl sites for hydroxylation is 2. The fraction of sp³-hybridized carbons (Fsp3) is 0.404. The van der Waals surface area contributed by atoms with E-state index in [-0.39, 0.29) is 43.5 Å². The van der Waals surface area contributed by atoms with Crippen molar-refractivity contribution in [3.63, 3.8) is 0 Å². The van der Waals surface area contributed by atoms with Crippen molar-refractivity contribution in [2.75, 3.05) is 0 Å². The SMILES string of the molecule is CC(C)C(C(=O)/C=C(\O)C(C(C)C)C(C)C)C(C)C.Cc1cc(C)nc(-c2cc(-c3ncnc4c3sc3cc([Si](C)(C)C)ccc34)[c-]c3ccccc23)c1.[Ir].